The Kier molecular flexibility index (Phi) is 5.59. The molecule has 0 spiro atoms. The third-order valence-electron chi connectivity index (χ3n) is 3.31. The van der Waals surface area contributed by atoms with Gasteiger partial charge in [0.1, 0.15) is 0 Å². The minimum absolute atomic E-state index is 0.846. The molecule has 0 aliphatic carbocycles. The van der Waals surface area contributed by atoms with Gasteiger partial charge in [0.25, 0.3) is 0 Å². The zero-order valence-electron chi connectivity index (χ0n) is 11.9. The molecule has 0 unspecified atom stereocenters. The average Bonchev–Trinajstić information content (AvgIpc) is 2.88. The van der Waals surface area contributed by atoms with Gasteiger partial charge in [-0.25, -0.2) is 0 Å². The molecule has 2 heterocycles. The number of rotatable bonds is 7. The first-order chi connectivity index (χ1) is 9.25. The number of aryl methyl sites for hydroxylation is 1. The lowest BCUT2D eigenvalue weighted by molar-refractivity contribution is 0.528. The van der Waals surface area contributed by atoms with Crippen LogP contribution in [0.3, 0.4) is 0 Å². The van der Waals surface area contributed by atoms with Gasteiger partial charge in [-0.1, -0.05) is 39.2 Å². The highest BCUT2D eigenvalue weighted by atomic mass is 32.1. The van der Waals surface area contributed by atoms with E-state index in [0.717, 1.165) is 5.92 Å². The third kappa shape index (κ3) is 4.79. The fourth-order valence-electron chi connectivity index (χ4n) is 2.20. The Balaban J connectivity index is 1.78. The molecule has 0 bridgehead atoms. The van der Waals surface area contributed by atoms with E-state index < -0.39 is 0 Å². The van der Waals surface area contributed by atoms with Gasteiger partial charge < -0.3 is 0 Å². The van der Waals surface area contributed by atoms with E-state index in [1.165, 1.54) is 47.4 Å². The lowest BCUT2D eigenvalue weighted by Crippen LogP contribution is -1.88. The Morgan fingerprint density at radius 2 is 2.00 bits per heavy atom. The number of pyridine rings is 1. The summed E-state index contributed by atoms with van der Waals surface area (Å²) in [6.07, 6.45) is 10.4. The minimum Gasteiger partial charge on any atom is -0.264 e. The first kappa shape index (κ1) is 14.3. The second-order valence-electron chi connectivity index (χ2n) is 5.50. The predicted octanol–water partition coefficient (Wildman–Crippen LogP) is 5.57. The van der Waals surface area contributed by atoms with Crippen molar-refractivity contribution in [3.05, 3.63) is 41.5 Å². The fraction of sp³-hybridized carbons (Fsp3) is 0.471. The molecule has 0 fully saturated rings. The maximum absolute atomic E-state index is 4.18. The lowest BCUT2D eigenvalue weighted by atomic mass is 10.0. The molecule has 0 atom stereocenters. The van der Waals surface area contributed by atoms with Crippen LogP contribution < -0.4 is 0 Å². The molecule has 0 radical (unpaired) electrons. The van der Waals surface area contributed by atoms with Crippen molar-refractivity contribution in [1.82, 2.24) is 4.98 Å². The quantitative estimate of drug-likeness (QED) is 0.601. The van der Waals surface area contributed by atoms with Crippen molar-refractivity contribution in [2.24, 2.45) is 5.92 Å². The van der Waals surface area contributed by atoms with Crippen LogP contribution in [0, 0.1) is 5.92 Å². The van der Waals surface area contributed by atoms with E-state index in [2.05, 4.69) is 37.0 Å². The molecule has 0 amide bonds. The Bertz CT molecular complexity index is 473. The molecular formula is C17H23NS. The summed E-state index contributed by atoms with van der Waals surface area (Å²) in [5.74, 6) is 0.846. The normalized spacial score (nSPS) is 11.1. The van der Waals surface area contributed by atoms with E-state index >= 15 is 0 Å². The minimum atomic E-state index is 0.846. The number of thiophene rings is 1. The highest BCUT2D eigenvalue weighted by Crippen LogP contribution is 2.28. The Hall–Kier alpha value is -1.15. The predicted molar refractivity (Wildman–Crippen MR) is 84.6 cm³/mol. The smallest absolute Gasteiger partial charge is 0.0361 e. The summed E-state index contributed by atoms with van der Waals surface area (Å²) >= 11 is 1.91. The summed E-state index contributed by atoms with van der Waals surface area (Å²) in [5.41, 5.74) is 1.23. The first-order valence-corrected chi connectivity index (χ1v) is 8.06. The van der Waals surface area contributed by atoms with Gasteiger partial charge in [-0.05, 0) is 37.0 Å². The topological polar surface area (TPSA) is 12.9 Å². The molecule has 0 aromatic carbocycles. The van der Waals surface area contributed by atoms with Crippen LogP contribution in [0.15, 0.2) is 36.7 Å². The van der Waals surface area contributed by atoms with Crippen molar-refractivity contribution in [1.29, 1.82) is 0 Å². The van der Waals surface area contributed by atoms with Gasteiger partial charge in [-0.2, -0.15) is 0 Å². The third-order valence-corrected chi connectivity index (χ3v) is 4.51. The molecular weight excluding hydrogens is 250 g/mol. The van der Waals surface area contributed by atoms with Gasteiger partial charge in [0.15, 0.2) is 0 Å². The summed E-state index contributed by atoms with van der Waals surface area (Å²) in [6.45, 7) is 4.61. The zero-order valence-corrected chi connectivity index (χ0v) is 12.7. The van der Waals surface area contributed by atoms with Gasteiger partial charge in [-0.15, -0.1) is 11.3 Å². The second kappa shape index (κ2) is 7.44. The monoisotopic (exact) mass is 273 g/mol. The van der Waals surface area contributed by atoms with Gasteiger partial charge in [0.05, 0.1) is 0 Å². The molecule has 2 aromatic heterocycles. The van der Waals surface area contributed by atoms with Gasteiger partial charge in [0, 0.05) is 27.7 Å². The van der Waals surface area contributed by atoms with Crippen LogP contribution in [0.25, 0.3) is 10.4 Å². The Labute approximate surface area is 120 Å². The summed E-state index contributed by atoms with van der Waals surface area (Å²) in [7, 11) is 0. The summed E-state index contributed by atoms with van der Waals surface area (Å²) in [5, 5.41) is 0. The van der Waals surface area contributed by atoms with Gasteiger partial charge >= 0.3 is 0 Å². The molecule has 19 heavy (non-hydrogen) atoms. The Morgan fingerprint density at radius 1 is 1.11 bits per heavy atom. The molecule has 102 valence electrons. The maximum atomic E-state index is 4.18. The molecule has 2 rings (SSSR count). The number of nitrogens with zero attached hydrogens (tertiary/aromatic N) is 1. The average molecular weight is 273 g/mol. The molecule has 0 aliphatic heterocycles. The number of hydrogen-bond donors (Lipinski definition) is 0. The van der Waals surface area contributed by atoms with Crippen LogP contribution >= 0.6 is 11.3 Å². The molecule has 1 nitrogen and oxygen atoms in total. The van der Waals surface area contributed by atoms with E-state index in [1.807, 2.05) is 29.8 Å². The second-order valence-corrected chi connectivity index (χ2v) is 6.67. The van der Waals surface area contributed by atoms with E-state index in [1.54, 1.807) is 0 Å². The fourth-order valence-corrected chi connectivity index (χ4v) is 3.24. The zero-order chi connectivity index (χ0) is 13.5. The van der Waals surface area contributed by atoms with Crippen molar-refractivity contribution >= 4 is 11.3 Å². The van der Waals surface area contributed by atoms with E-state index in [9.17, 15) is 0 Å². The largest absolute Gasteiger partial charge is 0.264 e. The van der Waals surface area contributed by atoms with Crippen molar-refractivity contribution in [3.8, 4) is 10.4 Å². The van der Waals surface area contributed by atoms with Crippen molar-refractivity contribution < 1.29 is 0 Å². The summed E-state index contributed by atoms with van der Waals surface area (Å²) in [6, 6.07) is 8.63. The van der Waals surface area contributed by atoms with E-state index in [4.69, 9.17) is 0 Å². The van der Waals surface area contributed by atoms with Crippen LogP contribution in [0.1, 0.15) is 44.4 Å². The molecule has 0 N–H and O–H groups in total. The van der Waals surface area contributed by atoms with Crippen LogP contribution in [-0.4, -0.2) is 4.98 Å². The summed E-state index contributed by atoms with van der Waals surface area (Å²) < 4.78 is 0. The van der Waals surface area contributed by atoms with E-state index in [-0.39, 0.29) is 0 Å². The molecule has 0 saturated heterocycles. The van der Waals surface area contributed by atoms with Crippen LogP contribution in [-0.2, 0) is 6.42 Å². The van der Waals surface area contributed by atoms with Crippen molar-refractivity contribution in [2.45, 2.75) is 46.0 Å². The molecule has 0 aliphatic rings. The van der Waals surface area contributed by atoms with Crippen molar-refractivity contribution in [3.63, 3.8) is 0 Å². The van der Waals surface area contributed by atoms with Crippen molar-refractivity contribution in [2.75, 3.05) is 0 Å². The number of hydrogen-bond acceptors (Lipinski definition) is 2. The van der Waals surface area contributed by atoms with Crippen LogP contribution in [0.4, 0.5) is 0 Å². The van der Waals surface area contributed by atoms with Gasteiger partial charge in [-0.3, -0.25) is 4.98 Å². The summed E-state index contributed by atoms with van der Waals surface area (Å²) in [4.78, 5) is 7.02. The maximum Gasteiger partial charge on any atom is 0.0361 e. The lowest BCUT2D eigenvalue weighted by Gasteiger charge is -2.03. The first-order valence-electron chi connectivity index (χ1n) is 7.25. The highest BCUT2D eigenvalue weighted by molar-refractivity contribution is 7.15. The number of aromatic nitrogens is 1. The van der Waals surface area contributed by atoms with Crippen LogP contribution in [0.5, 0.6) is 0 Å². The molecule has 2 heteroatoms. The molecule has 0 saturated carbocycles. The Morgan fingerprint density at radius 3 is 2.74 bits per heavy atom. The number of unbranched alkanes of at least 4 members (excludes halogenated alkanes) is 2. The van der Waals surface area contributed by atoms with E-state index in [0.29, 0.717) is 0 Å². The standard InChI is InChI=1S/C17H23NS/c1-14(2)7-4-3-5-9-16-10-11-17(19-16)15-8-6-12-18-13-15/h6,8,10-14H,3-5,7,9H2,1-2H3. The van der Waals surface area contributed by atoms with Gasteiger partial charge in [0.2, 0.25) is 0 Å². The highest BCUT2D eigenvalue weighted by Gasteiger charge is 2.03. The molecule has 2 aromatic rings. The van der Waals surface area contributed by atoms with Crippen LogP contribution in [0.2, 0.25) is 0 Å². The SMILES string of the molecule is CC(C)CCCCCc1ccc(-c2cccnc2)s1.